The fourth-order valence-electron chi connectivity index (χ4n) is 3.19. The minimum atomic E-state index is -0.708. The Morgan fingerprint density at radius 3 is 2.16 bits per heavy atom. The number of nitrogens with zero attached hydrogens (tertiary/aromatic N) is 2. The van der Waals surface area contributed by atoms with Crippen molar-refractivity contribution in [2.24, 2.45) is 0 Å². The molecule has 0 aromatic heterocycles. The topological polar surface area (TPSA) is 69.7 Å². The van der Waals surface area contributed by atoms with Gasteiger partial charge in [0.1, 0.15) is 5.57 Å². The van der Waals surface area contributed by atoms with Crippen LogP contribution in [0.4, 0.5) is 10.5 Å². The average Bonchev–Trinajstić information content (AvgIpc) is 3.04. The monoisotopic (exact) mass is 341 g/mol. The number of nitrogens with one attached hydrogen (secondary N) is 1. The van der Waals surface area contributed by atoms with E-state index in [4.69, 9.17) is 0 Å². The van der Waals surface area contributed by atoms with Gasteiger partial charge in [0.2, 0.25) is 0 Å². The second-order valence-corrected chi connectivity index (χ2v) is 7.41. The maximum absolute atomic E-state index is 12.6. The number of carbonyl (C=O) groups is 3. The van der Waals surface area contributed by atoms with Gasteiger partial charge in [0, 0.05) is 24.3 Å². The zero-order valence-corrected chi connectivity index (χ0v) is 14.8. The van der Waals surface area contributed by atoms with Crippen molar-refractivity contribution in [3.63, 3.8) is 0 Å². The van der Waals surface area contributed by atoms with Crippen molar-refractivity contribution >= 4 is 29.6 Å². The van der Waals surface area contributed by atoms with Gasteiger partial charge in [0.05, 0.1) is 0 Å². The van der Waals surface area contributed by atoms with Crippen LogP contribution in [0, 0.1) is 0 Å². The van der Waals surface area contributed by atoms with Crippen LogP contribution < -0.4 is 10.2 Å². The standard InChI is InChI=1S/C19H23N3O3/c1-19(2,3)22-17(24)15(16(23)20-18(22)25)12-13-6-8-14(9-7-13)21-10-4-5-11-21/h6-9,12H,4-5,10-11H2,1-3H3,(H,20,23,25). The molecule has 2 fully saturated rings. The number of benzene rings is 1. The molecule has 0 aliphatic carbocycles. The number of anilines is 1. The highest BCUT2D eigenvalue weighted by Crippen LogP contribution is 2.24. The molecule has 0 radical (unpaired) electrons. The van der Waals surface area contributed by atoms with Gasteiger partial charge in [0.15, 0.2) is 0 Å². The first kappa shape index (κ1) is 17.2. The molecular weight excluding hydrogens is 318 g/mol. The van der Waals surface area contributed by atoms with Crippen LogP contribution >= 0.6 is 0 Å². The van der Waals surface area contributed by atoms with Crippen molar-refractivity contribution in [1.82, 2.24) is 10.2 Å². The summed E-state index contributed by atoms with van der Waals surface area (Å²) >= 11 is 0. The van der Waals surface area contributed by atoms with E-state index in [1.54, 1.807) is 20.8 Å². The summed E-state index contributed by atoms with van der Waals surface area (Å²) < 4.78 is 0. The summed E-state index contributed by atoms with van der Waals surface area (Å²) in [5.41, 5.74) is 1.17. The van der Waals surface area contributed by atoms with Crippen LogP contribution in [0.2, 0.25) is 0 Å². The lowest BCUT2D eigenvalue weighted by atomic mass is 10.0. The average molecular weight is 341 g/mol. The predicted octanol–water partition coefficient (Wildman–Crippen LogP) is 2.55. The molecule has 4 amide bonds. The Morgan fingerprint density at radius 1 is 1.00 bits per heavy atom. The molecule has 132 valence electrons. The number of imide groups is 2. The van der Waals surface area contributed by atoms with Gasteiger partial charge in [-0.25, -0.2) is 4.79 Å². The number of amides is 4. The number of carbonyl (C=O) groups excluding carboxylic acids is 3. The summed E-state index contributed by atoms with van der Waals surface area (Å²) in [7, 11) is 0. The molecule has 2 aliphatic rings. The summed E-state index contributed by atoms with van der Waals surface area (Å²) in [6.45, 7) is 7.38. The van der Waals surface area contributed by atoms with E-state index in [2.05, 4.69) is 10.2 Å². The third-order valence-electron chi connectivity index (χ3n) is 4.45. The smallest absolute Gasteiger partial charge is 0.331 e. The van der Waals surface area contributed by atoms with Crippen LogP contribution in [0.5, 0.6) is 0 Å². The summed E-state index contributed by atoms with van der Waals surface area (Å²) in [5, 5.41) is 2.24. The maximum atomic E-state index is 12.6. The van der Waals surface area contributed by atoms with Gasteiger partial charge in [-0.05, 0) is 57.4 Å². The van der Waals surface area contributed by atoms with Gasteiger partial charge < -0.3 is 4.90 Å². The minimum absolute atomic E-state index is 0.0246. The number of hydrogen-bond acceptors (Lipinski definition) is 4. The van der Waals surface area contributed by atoms with Gasteiger partial charge in [-0.15, -0.1) is 0 Å². The molecule has 6 heteroatoms. The van der Waals surface area contributed by atoms with E-state index in [1.807, 2.05) is 24.3 Å². The lowest BCUT2D eigenvalue weighted by molar-refractivity contribution is -0.133. The van der Waals surface area contributed by atoms with Gasteiger partial charge in [-0.3, -0.25) is 19.8 Å². The molecule has 2 aliphatic heterocycles. The van der Waals surface area contributed by atoms with Crippen molar-refractivity contribution in [3.8, 4) is 0 Å². The molecule has 0 bridgehead atoms. The zero-order chi connectivity index (χ0) is 18.2. The molecule has 0 atom stereocenters. The van der Waals surface area contributed by atoms with Crippen LogP contribution in [0.3, 0.4) is 0 Å². The van der Waals surface area contributed by atoms with Gasteiger partial charge in [0.25, 0.3) is 11.8 Å². The van der Waals surface area contributed by atoms with E-state index in [-0.39, 0.29) is 5.57 Å². The molecular formula is C19H23N3O3. The van der Waals surface area contributed by atoms with E-state index < -0.39 is 23.4 Å². The number of urea groups is 1. The van der Waals surface area contributed by atoms with E-state index in [9.17, 15) is 14.4 Å². The molecule has 25 heavy (non-hydrogen) atoms. The van der Waals surface area contributed by atoms with Gasteiger partial charge >= 0.3 is 6.03 Å². The first-order valence-electron chi connectivity index (χ1n) is 8.54. The predicted molar refractivity (Wildman–Crippen MR) is 96.0 cm³/mol. The van der Waals surface area contributed by atoms with Crippen LogP contribution in [0.15, 0.2) is 29.8 Å². The second kappa shape index (κ2) is 6.35. The van der Waals surface area contributed by atoms with Crippen molar-refractivity contribution in [1.29, 1.82) is 0 Å². The zero-order valence-electron chi connectivity index (χ0n) is 14.8. The molecule has 2 heterocycles. The number of barbiturate groups is 1. The van der Waals surface area contributed by atoms with Crippen molar-refractivity contribution < 1.29 is 14.4 Å². The Kier molecular flexibility index (Phi) is 4.37. The van der Waals surface area contributed by atoms with Crippen LogP contribution in [0.25, 0.3) is 6.08 Å². The van der Waals surface area contributed by atoms with E-state index in [0.717, 1.165) is 29.2 Å². The third kappa shape index (κ3) is 3.43. The molecule has 6 nitrogen and oxygen atoms in total. The normalized spacial score (nSPS) is 20.4. The van der Waals surface area contributed by atoms with Crippen LogP contribution in [-0.4, -0.2) is 41.4 Å². The molecule has 1 aromatic carbocycles. The summed E-state index contributed by atoms with van der Waals surface area (Å²) in [5.74, 6) is -1.22. The van der Waals surface area contributed by atoms with Crippen molar-refractivity contribution in [2.75, 3.05) is 18.0 Å². The SMILES string of the molecule is CC(C)(C)N1C(=O)NC(=O)C(=Cc2ccc(N3CCCC3)cc2)C1=O. The highest BCUT2D eigenvalue weighted by molar-refractivity contribution is 6.31. The molecule has 0 spiro atoms. The Hall–Kier alpha value is -2.63. The third-order valence-corrected chi connectivity index (χ3v) is 4.45. The minimum Gasteiger partial charge on any atom is -0.372 e. The molecule has 1 N–H and O–H groups in total. The molecule has 3 rings (SSSR count). The first-order chi connectivity index (χ1) is 11.8. The van der Waals surface area contributed by atoms with Crippen molar-refractivity contribution in [3.05, 3.63) is 35.4 Å². The fourth-order valence-corrected chi connectivity index (χ4v) is 3.19. The van der Waals surface area contributed by atoms with Gasteiger partial charge in [-0.2, -0.15) is 0 Å². The fraction of sp³-hybridized carbons (Fsp3) is 0.421. The Balaban J connectivity index is 1.87. The Morgan fingerprint density at radius 2 is 1.60 bits per heavy atom. The number of hydrogen-bond donors (Lipinski definition) is 1. The molecule has 0 saturated carbocycles. The van der Waals surface area contributed by atoms with E-state index >= 15 is 0 Å². The second-order valence-electron chi connectivity index (χ2n) is 7.41. The lowest BCUT2D eigenvalue weighted by Crippen LogP contribution is -2.60. The lowest BCUT2D eigenvalue weighted by Gasteiger charge is -2.36. The van der Waals surface area contributed by atoms with Gasteiger partial charge in [-0.1, -0.05) is 12.1 Å². The Bertz CT molecular complexity index is 738. The Labute approximate surface area is 147 Å². The summed E-state index contributed by atoms with van der Waals surface area (Å²) in [6.07, 6.45) is 3.95. The maximum Gasteiger partial charge on any atom is 0.331 e. The van der Waals surface area contributed by atoms with Crippen LogP contribution in [-0.2, 0) is 9.59 Å². The summed E-state index contributed by atoms with van der Waals surface area (Å²) in [6, 6.07) is 7.09. The van der Waals surface area contributed by atoms with Crippen molar-refractivity contribution in [2.45, 2.75) is 39.2 Å². The number of rotatable bonds is 2. The highest BCUT2D eigenvalue weighted by atomic mass is 16.2. The highest BCUT2D eigenvalue weighted by Gasteiger charge is 2.41. The van der Waals surface area contributed by atoms with E-state index in [1.165, 1.54) is 18.9 Å². The van der Waals surface area contributed by atoms with Crippen LogP contribution in [0.1, 0.15) is 39.2 Å². The first-order valence-corrected chi connectivity index (χ1v) is 8.54. The summed E-state index contributed by atoms with van der Waals surface area (Å²) in [4.78, 5) is 40.1. The van der Waals surface area contributed by atoms with E-state index in [0.29, 0.717) is 0 Å². The quantitative estimate of drug-likeness (QED) is 0.663. The molecule has 0 unspecified atom stereocenters. The molecule has 2 saturated heterocycles. The largest absolute Gasteiger partial charge is 0.372 e. The molecule has 1 aromatic rings.